The van der Waals surface area contributed by atoms with E-state index >= 15 is 0 Å². The van der Waals surface area contributed by atoms with Crippen molar-refractivity contribution >= 4 is 34.8 Å². The van der Waals surface area contributed by atoms with Gasteiger partial charge in [0.2, 0.25) is 5.78 Å². The predicted molar refractivity (Wildman–Crippen MR) is 138 cm³/mol. The number of anilines is 2. The van der Waals surface area contributed by atoms with Crippen LogP contribution < -0.4 is 31.9 Å². The van der Waals surface area contributed by atoms with Crippen molar-refractivity contribution < 1.29 is 19.2 Å². The zero-order valence-corrected chi connectivity index (χ0v) is 21.1. The molecule has 0 aliphatic rings. The highest BCUT2D eigenvalue weighted by atomic mass is 35.5. The second kappa shape index (κ2) is 11.7. The molecule has 4 N–H and O–H groups in total. The average molecular weight is 515 g/mol. The summed E-state index contributed by atoms with van der Waals surface area (Å²) in [5.74, 6) is -0.694. The van der Waals surface area contributed by atoms with E-state index in [1.807, 2.05) is 30.3 Å². The fourth-order valence-electron chi connectivity index (χ4n) is 3.85. The minimum atomic E-state index is -0.741. The Bertz CT molecular complexity index is 1380. The topological polar surface area (TPSA) is 130 Å². The average Bonchev–Trinajstić information content (AvgIpc) is 2.82. The van der Waals surface area contributed by atoms with Gasteiger partial charge in [0, 0.05) is 11.6 Å². The number of ether oxygens (including phenoxy) is 1. The highest BCUT2D eigenvalue weighted by Gasteiger charge is 2.25. The van der Waals surface area contributed by atoms with Gasteiger partial charge in [0.05, 0.1) is 26.4 Å². The molecule has 0 saturated carbocycles. The summed E-state index contributed by atoms with van der Waals surface area (Å²) < 4.78 is 7.44. The first-order valence-electron chi connectivity index (χ1n) is 11.3. The smallest absolute Gasteiger partial charge is 0.332 e. The number of hydrogen-bond donors (Lipinski definition) is 3. The zero-order valence-electron chi connectivity index (χ0n) is 20.3. The van der Waals surface area contributed by atoms with Crippen LogP contribution in [0.25, 0.3) is 0 Å². The third-order valence-corrected chi connectivity index (χ3v) is 5.84. The molecule has 10 nitrogen and oxygen atoms in total. The Morgan fingerprint density at radius 3 is 2.42 bits per heavy atom. The van der Waals surface area contributed by atoms with Crippen molar-refractivity contribution in [3.8, 4) is 5.75 Å². The maximum absolute atomic E-state index is 13.2. The lowest BCUT2D eigenvalue weighted by Crippen LogP contribution is -3.11. The van der Waals surface area contributed by atoms with Crippen LogP contribution in [-0.2, 0) is 17.9 Å². The van der Waals surface area contributed by atoms with Crippen LogP contribution >= 0.6 is 11.6 Å². The molecule has 3 aromatic rings. The van der Waals surface area contributed by atoms with E-state index in [1.54, 1.807) is 32.2 Å². The van der Waals surface area contributed by atoms with E-state index < -0.39 is 17.0 Å². The number of benzene rings is 2. The SMILES string of the molecule is CCn1c(=O)c(C(=O)C[NH+](C)CC(=O)Nc2cc(Cl)ccc2OC)c(N)n(Cc2ccccc2)c1=O. The Morgan fingerprint density at radius 2 is 1.78 bits per heavy atom. The number of hydrogen-bond acceptors (Lipinski definition) is 6. The number of methoxy groups -OCH3 is 1. The number of nitrogens with one attached hydrogen (secondary N) is 2. The molecule has 1 atom stereocenters. The van der Waals surface area contributed by atoms with Crippen LogP contribution in [0, 0.1) is 0 Å². The molecule has 1 unspecified atom stereocenters. The molecule has 0 saturated heterocycles. The fourth-order valence-corrected chi connectivity index (χ4v) is 4.02. The summed E-state index contributed by atoms with van der Waals surface area (Å²) in [5.41, 5.74) is 5.80. The highest BCUT2D eigenvalue weighted by Crippen LogP contribution is 2.27. The summed E-state index contributed by atoms with van der Waals surface area (Å²) in [5, 5.41) is 3.14. The Kier molecular flexibility index (Phi) is 8.68. The third kappa shape index (κ3) is 6.02. The Balaban J connectivity index is 1.81. The van der Waals surface area contributed by atoms with E-state index in [0.29, 0.717) is 21.4 Å². The molecule has 190 valence electrons. The van der Waals surface area contributed by atoms with Gasteiger partial charge < -0.3 is 20.7 Å². The molecule has 0 spiro atoms. The number of likely N-dealkylation sites (N-methyl/N-ethyl adjacent to an activating group) is 1. The van der Waals surface area contributed by atoms with Crippen molar-refractivity contribution in [2.75, 3.05) is 38.3 Å². The first-order valence-corrected chi connectivity index (χ1v) is 11.7. The fraction of sp³-hybridized carbons (Fsp3) is 0.280. The minimum Gasteiger partial charge on any atom is -0.495 e. The van der Waals surface area contributed by atoms with Crippen molar-refractivity contribution in [1.29, 1.82) is 0 Å². The lowest BCUT2D eigenvalue weighted by Gasteiger charge is -2.17. The molecule has 36 heavy (non-hydrogen) atoms. The van der Waals surface area contributed by atoms with Crippen molar-refractivity contribution in [2.45, 2.75) is 20.0 Å². The monoisotopic (exact) mass is 514 g/mol. The van der Waals surface area contributed by atoms with Gasteiger partial charge in [-0.05, 0) is 30.7 Å². The van der Waals surface area contributed by atoms with Gasteiger partial charge in [-0.15, -0.1) is 0 Å². The lowest BCUT2D eigenvalue weighted by molar-refractivity contribution is -0.861. The molecule has 3 rings (SSSR count). The molecule has 2 aromatic carbocycles. The number of Topliss-reactive ketones (excluding diaryl/α,β-unsaturated/α-hetero) is 1. The molecular formula is C25H29ClN5O5+. The lowest BCUT2D eigenvalue weighted by atomic mass is 10.1. The second-order valence-electron chi connectivity index (χ2n) is 8.29. The van der Waals surface area contributed by atoms with Gasteiger partial charge in [0.25, 0.3) is 11.5 Å². The van der Waals surface area contributed by atoms with Gasteiger partial charge in [-0.25, -0.2) is 4.79 Å². The summed E-state index contributed by atoms with van der Waals surface area (Å²) >= 11 is 6.00. The normalized spacial score (nSPS) is 11.7. The number of quaternary nitrogens is 1. The molecule has 0 fully saturated rings. The maximum Gasteiger partial charge on any atom is 0.332 e. The quantitative estimate of drug-likeness (QED) is 0.341. The summed E-state index contributed by atoms with van der Waals surface area (Å²) in [7, 11) is 3.11. The molecule has 1 aromatic heterocycles. The number of halogens is 1. The van der Waals surface area contributed by atoms with E-state index in [1.165, 1.54) is 11.7 Å². The van der Waals surface area contributed by atoms with E-state index in [9.17, 15) is 19.2 Å². The van der Waals surface area contributed by atoms with E-state index in [4.69, 9.17) is 22.1 Å². The summed E-state index contributed by atoms with van der Waals surface area (Å²) in [6.45, 7) is 1.57. The minimum absolute atomic E-state index is 0.0765. The molecule has 0 aliphatic heterocycles. The summed E-state index contributed by atoms with van der Waals surface area (Å²) in [4.78, 5) is 52.1. The van der Waals surface area contributed by atoms with Gasteiger partial charge in [0.15, 0.2) is 6.54 Å². The molecular weight excluding hydrogens is 486 g/mol. The number of aromatic nitrogens is 2. The van der Waals surface area contributed by atoms with E-state index in [2.05, 4.69) is 5.32 Å². The number of rotatable bonds is 10. The molecule has 1 amide bonds. The van der Waals surface area contributed by atoms with Crippen molar-refractivity contribution in [1.82, 2.24) is 9.13 Å². The van der Waals surface area contributed by atoms with Gasteiger partial charge in [-0.1, -0.05) is 41.9 Å². The number of ketones is 1. The van der Waals surface area contributed by atoms with Crippen molar-refractivity contribution in [2.24, 2.45) is 0 Å². The first kappa shape index (κ1) is 26.7. The standard InChI is InChI=1S/C25H28ClN5O5/c1-4-30-24(34)22(23(27)31(25(30)35)13-16-8-6-5-7-9-16)19(32)14-29(2)15-21(33)28-18-12-17(26)10-11-20(18)36-3/h5-12H,4,13-15,27H2,1-3H3,(H,28,33)/p+1. The number of nitrogens with zero attached hydrogens (tertiary/aromatic N) is 2. The molecule has 11 heteroatoms. The predicted octanol–water partition coefficient (Wildman–Crippen LogP) is 0.659. The Labute approximate surface area is 212 Å². The third-order valence-electron chi connectivity index (χ3n) is 5.61. The van der Waals surface area contributed by atoms with E-state index in [-0.39, 0.29) is 43.5 Å². The number of carbonyl (C=O) groups is 2. The zero-order chi connectivity index (χ0) is 26.4. The highest BCUT2D eigenvalue weighted by molar-refractivity contribution is 6.31. The summed E-state index contributed by atoms with van der Waals surface area (Å²) in [6, 6.07) is 13.9. The second-order valence-corrected chi connectivity index (χ2v) is 8.73. The van der Waals surface area contributed by atoms with Crippen LogP contribution in [0.2, 0.25) is 5.02 Å². The van der Waals surface area contributed by atoms with Crippen LogP contribution in [0.15, 0.2) is 58.1 Å². The van der Waals surface area contributed by atoms with Crippen LogP contribution in [0.5, 0.6) is 5.75 Å². The number of carbonyl (C=O) groups excluding carboxylic acids is 2. The summed E-state index contributed by atoms with van der Waals surface area (Å²) in [6.07, 6.45) is 0. The number of nitrogen functional groups attached to an aromatic ring is 1. The number of nitrogens with two attached hydrogens (primary N) is 1. The maximum atomic E-state index is 13.2. The molecule has 0 aliphatic carbocycles. The number of amides is 1. The first-order chi connectivity index (χ1) is 17.2. The Morgan fingerprint density at radius 1 is 1.08 bits per heavy atom. The van der Waals surface area contributed by atoms with Crippen LogP contribution in [0.3, 0.4) is 0 Å². The molecule has 0 radical (unpaired) electrons. The van der Waals surface area contributed by atoms with Crippen molar-refractivity contribution in [3.63, 3.8) is 0 Å². The van der Waals surface area contributed by atoms with Gasteiger partial charge in [0.1, 0.15) is 23.7 Å². The van der Waals surface area contributed by atoms with Crippen LogP contribution in [-0.4, -0.2) is 48.1 Å². The van der Waals surface area contributed by atoms with Gasteiger partial charge >= 0.3 is 5.69 Å². The van der Waals surface area contributed by atoms with Crippen LogP contribution in [0.4, 0.5) is 11.5 Å². The van der Waals surface area contributed by atoms with E-state index in [0.717, 1.165) is 10.1 Å². The van der Waals surface area contributed by atoms with Crippen LogP contribution in [0.1, 0.15) is 22.8 Å². The van der Waals surface area contributed by atoms with Crippen molar-refractivity contribution in [3.05, 3.63) is 85.5 Å². The largest absolute Gasteiger partial charge is 0.495 e. The molecule has 0 bridgehead atoms. The Hall–Kier alpha value is -3.89. The van der Waals surface area contributed by atoms with Gasteiger partial charge in [-0.2, -0.15) is 0 Å². The molecule has 1 heterocycles. The van der Waals surface area contributed by atoms with Gasteiger partial charge in [-0.3, -0.25) is 23.5 Å².